The topological polar surface area (TPSA) is 77.4 Å². The minimum absolute atomic E-state index is 0. The first kappa shape index (κ1) is 26.9. The fourth-order valence-electron chi connectivity index (χ4n) is 6.76. The molecule has 2 aromatic heterocycles. The molecule has 8 heteroatoms. The maximum absolute atomic E-state index is 12.1. The molecular weight excluding hydrogens is 500 g/mol. The van der Waals surface area contributed by atoms with Crippen molar-refractivity contribution in [2.24, 2.45) is 11.8 Å². The average molecular weight is 537 g/mol. The van der Waals surface area contributed by atoms with Gasteiger partial charge in [-0.15, -0.1) is 6.58 Å². The van der Waals surface area contributed by atoms with Crippen LogP contribution >= 0.6 is 0 Å². The highest BCUT2D eigenvalue weighted by atomic mass is 35.5. The Kier molecular flexibility index (Phi) is 7.63. The predicted octanol–water partition coefficient (Wildman–Crippen LogP) is 1.96. The van der Waals surface area contributed by atoms with Crippen LogP contribution in [0.1, 0.15) is 61.7 Å². The second-order valence-electron chi connectivity index (χ2n) is 11.0. The number of nitrogens with zero attached hydrogens (tertiary/aromatic N) is 4. The van der Waals surface area contributed by atoms with Crippen LogP contribution in [0.2, 0.25) is 0 Å². The second kappa shape index (κ2) is 10.8. The van der Waals surface area contributed by atoms with Crippen LogP contribution in [0.3, 0.4) is 0 Å². The van der Waals surface area contributed by atoms with Crippen LogP contribution in [-0.2, 0) is 6.54 Å². The summed E-state index contributed by atoms with van der Waals surface area (Å²) >= 11 is 0. The van der Waals surface area contributed by atoms with Gasteiger partial charge in [-0.3, -0.25) is 4.98 Å². The van der Waals surface area contributed by atoms with Gasteiger partial charge < -0.3 is 31.5 Å². The zero-order valence-corrected chi connectivity index (χ0v) is 23.0. The lowest BCUT2D eigenvalue weighted by Crippen LogP contribution is -3.00. The van der Waals surface area contributed by atoms with Crippen molar-refractivity contribution in [3.63, 3.8) is 0 Å². The Morgan fingerprint density at radius 2 is 2.03 bits per heavy atom. The number of benzene rings is 1. The summed E-state index contributed by atoms with van der Waals surface area (Å²) in [4.78, 5) is 14.3. The molecule has 1 N–H and O–H groups in total. The Morgan fingerprint density at radius 1 is 1.18 bits per heavy atom. The first-order valence-electron chi connectivity index (χ1n) is 13.6. The van der Waals surface area contributed by atoms with E-state index in [0.717, 1.165) is 83.5 Å². The highest BCUT2D eigenvalue weighted by Gasteiger charge is 2.54. The molecule has 3 aromatic rings. The Balaban J connectivity index is 0.00000294. The third-order valence-corrected chi connectivity index (χ3v) is 8.83. The van der Waals surface area contributed by atoms with Crippen LogP contribution in [0.5, 0.6) is 11.6 Å². The van der Waals surface area contributed by atoms with E-state index in [9.17, 15) is 5.11 Å². The van der Waals surface area contributed by atoms with Crippen molar-refractivity contribution in [1.29, 1.82) is 0 Å². The smallest absolute Gasteiger partial charge is 0.217 e. The summed E-state index contributed by atoms with van der Waals surface area (Å²) in [7, 11) is 1.67. The summed E-state index contributed by atoms with van der Waals surface area (Å²) in [5, 5.41) is 13.0. The maximum Gasteiger partial charge on any atom is 0.217 e. The Bertz CT molecular complexity index is 1320. The molecule has 4 aliphatic rings. The van der Waals surface area contributed by atoms with Crippen molar-refractivity contribution in [1.82, 2.24) is 15.0 Å². The molecule has 1 aromatic carbocycles. The maximum atomic E-state index is 12.1. The number of pyridine rings is 1. The molecule has 5 atom stereocenters. The van der Waals surface area contributed by atoms with Crippen molar-refractivity contribution < 1.29 is 31.5 Å². The largest absolute Gasteiger partial charge is 1.00 e. The molecule has 4 unspecified atom stereocenters. The number of halogens is 1. The summed E-state index contributed by atoms with van der Waals surface area (Å²) in [5.41, 5.74) is 2.81. The summed E-state index contributed by atoms with van der Waals surface area (Å²) in [6, 6.07) is 9.92. The number of fused-ring (bicyclic) bond motifs is 4. The van der Waals surface area contributed by atoms with E-state index in [0.29, 0.717) is 30.2 Å². The summed E-state index contributed by atoms with van der Waals surface area (Å²) < 4.78 is 12.1. The quantitative estimate of drug-likeness (QED) is 0.333. The van der Waals surface area contributed by atoms with Crippen LogP contribution in [0.4, 0.5) is 0 Å². The number of rotatable bonds is 9. The molecule has 38 heavy (non-hydrogen) atoms. The zero-order valence-electron chi connectivity index (χ0n) is 22.2. The van der Waals surface area contributed by atoms with E-state index in [1.165, 1.54) is 0 Å². The Labute approximate surface area is 230 Å². The SMILES string of the molecule is C=CC1C[N+]2(Cc3cc(OCC)nc(C4CC4)n3)CCC1CC2[C@H](O)c1ccnc2ccc(OC)cc12.[Cl-]. The number of hydrogen-bond donors (Lipinski definition) is 1. The Morgan fingerprint density at radius 3 is 2.76 bits per heavy atom. The number of ether oxygens (including phenoxy) is 2. The lowest BCUT2D eigenvalue weighted by atomic mass is 9.71. The van der Waals surface area contributed by atoms with E-state index in [2.05, 4.69) is 17.6 Å². The molecule has 1 saturated carbocycles. The minimum atomic E-state index is -0.623. The van der Waals surface area contributed by atoms with E-state index in [4.69, 9.17) is 19.4 Å². The molecule has 3 aliphatic heterocycles. The van der Waals surface area contributed by atoms with Gasteiger partial charge in [-0.2, -0.15) is 4.98 Å². The number of piperidine rings is 3. The summed E-state index contributed by atoms with van der Waals surface area (Å²) in [6.07, 6.45) is 7.72. The van der Waals surface area contributed by atoms with Crippen molar-refractivity contribution in [3.8, 4) is 11.6 Å². The molecule has 7 rings (SSSR count). The highest BCUT2D eigenvalue weighted by Crippen LogP contribution is 2.48. The van der Waals surface area contributed by atoms with E-state index in [-0.39, 0.29) is 18.4 Å². The average Bonchev–Trinajstić information content (AvgIpc) is 3.78. The number of methoxy groups -OCH3 is 1. The fraction of sp³-hybridized carbons (Fsp3) is 0.500. The van der Waals surface area contributed by atoms with E-state index < -0.39 is 6.10 Å². The van der Waals surface area contributed by atoms with Gasteiger partial charge in [0.15, 0.2) is 0 Å². The summed E-state index contributed by atoms with van der Waals surface area (Å²) in [5.74, 6) is 3.80. The van der Waals surface area contributed by atoms with Crippen molar-refractivity contribution in [3.05, 3.63) is 66.3 Å². The number of quaternary nitrogens is 1. The van der Waals surface area contributed by atoms with Crippen molar-refractivity contribution >= 4 is 10.9 Å². The number of aliphatic hydroxyl groups excluding tert-OH is 1. The van der Waals surface area contributed by atoms with Crippen LogP contribution in [0, 0.1) is 11.8 Å². The van der Waals surface area contributed by atoms with Gasteiger partial charge in [0.05, 0.1) is 32.3 Å². The molecule has 2 bridgehead atoms. The molecule has 5 heterocycles. The van der Waals surface area contributed by atoms with Gasteiger partial charge in [-0.1, -0.05) is 6.08 Å². The van der Waals surface area contributed by atoms with Crippen LogP contribution in [-0.4, -0.2) is 57.4 Å². The van der Waals surface area contributed by atoms with E-state index in [1.807, 2.05) is 37.3 Å². The zero-order chi connectivity index (χ0) is 25.6. The van der Waals surface area contributed by atoms with Crippen LogP contribution in [0.15, 0.2) is 49.2 Å². The Hall–Kier alpha value is -2.74. The third-order valence-electron chi connectivity index (χ3n) is 8.83. The van der Waals surface area contributed by atoms with Crippen LogP contribution < -0.4 is 21.9 Å². The van der Waals surface area contributed by atoms with Gasteiger partial charge in [-0.05, 0) is 55.5 Å². The fourth-order valence-corrected chi connectivity index (χ4v) is 6.76. The van der Waals surface area contributed by atoms with E-state index >= 15 is 0 Å². The first-order chi connectivity index (χ1) is 18.0. The molecule has 0 spiro atoms. The standard InChI is InChI=1S/C30H37N4O3.ClH/c1-4-19-17-34(18-22-15-28(37-5-2)33-30(32-22)20-6-7-20)13-11-21(19)14-27(34)29(35)24-10-12-31-26-9-8-23(36-3)16-25(24)26;/h4,8-10,12,15-16,19-21,27,29,35H,1,5-7,11,13-14,17-18H2,2-3H3;1H/q+1;/p-1/t19?,21?,27?,29-,34?;/m1./s1. The molecule has 1 aliphatic carbocycles. The van der Waals surface area contributed by atoms with Gasteiger partial charge in [0, 0.05) is 42.3 Å². The van der Waals surface area contributed by atoms with E-state index in [1.54, 1.807) is 13.3 Å². The monoisotopic (exact) mass is 536 g/mol. The third kappa shape index (κ3) is 4.88. The lowest BCUT2D eigenvalue weighted by Gasteiger charge is -2.58. The highest BCUT2D eigenvalue weighted by molar-refractivity contribution is 5.83. The van der Waals surface area contributed by atoms with Gasteiger partial charge in [-0.25, -0.2) is 4.98 Å². The lowest BCUT2D eigenvalue weighted by molar-refractivity contribution is -0.985. The van der Waals surface area contributed by atoms with Gasteiger partial charge in [0.2, 0.25) is 5.88 Å². The summed E-state index contributed by atoms with van der Waals surface area (Å²) in [6.45, 7) is 9.50. The molecule has 3 saturated heterocycles. The van der Waals surface area contributed by atoms with Gasteiger partial charge in [0.1, 0.15) is 36.0 Å². The molecule has 202 valence electrons. The van der Waals surface area contributed by atoms with Crippen molar-refractivity contribution in [2.75, 3.05) is 26.8 Å². The molecule has 0 radical (unpaired) electrons. The second-order valence-corrected chi connectivity index (χ2v) is 11.0. The number of aromatic nitrogens is 3. The first-order valence-corrected chi connectivity index (χ1v) is 13.6. The molecule has 7 nitrogen and oxygen atoms in total. The minimum Gasteiger partial charge on any atom is -1.00 e. The van der Waals surface area contributed by atoms with Crippen molar-refractivity contribution in [2.45, 2.75) is 57.2 Å². The predicted molar refractivity (Wildman–Crippen MR) is 142 cm³/mol. The molecule has 4 fully saturated rings. The molecular formula is C30H37ClN4O3. The molecule has 0 amide bonds. The van der Waals surface area contributed by atoms with Crippen LogP contribution in [0.25, 0.3) is 10.9 Å². The number of aliphatic hydroxyl groups is 1. The normalized spacial score (nSPS) is 27.0. The van der Waals surface area contributed by atoms with Gasteiger partial charge in [0.25, 0.3) is 0 Å². The van der Waals surface area contributed by atoms with Gasteiger partial charge >= 0.3 is 0 Å². The number of hydrogen-bond acceptors (Lipinski definition) is 6.